The zero-order chi connectivity index (χ0) is 18.2. The quantitative estimate of drug-likeness (QED) is 0.717. The molecular weight excluding hydrogens is 316 g/mol. The van der Waals surface area contributed by atoms with Gasteiger partial charge in [-0.15, -0.1) is 0 Å². The molecule has 0 aliphatic heterocycles. The van der Waals surface area contributed by atoms with Gasteiger partial charge in [-0.05, 0) is 44.4 Å². The Hall–Kier alpha value is -1.26. The second-order valence-electron chi connectivity index (χ2n) is 9.12. The van der Waals surface area contributed by atoms with Crippen LogP contribution in [-0.2, 0) is 9.59 Å². The van der Waals surface area contributed by atoms with Gasteiger partial charge in [-0.1, -0.05) is 37.6 Å². The number of hydrogen-bond donors (Lipinski definition) is 2. The molecule has 0 aromatic carbocycles. The van der Waals surface area contributed by atoms with Gasteiger partial charge in [0.2, 0.25) is 0 Å². The van der Waals surface area contributed by atoms with Crippen molar-refractivity contribution in [3.63, 3.8) is 0 Å². The van der Waals surface area contributed by atoms with E-state index in [1.165, 1.54) is 6.92 Å². The largest absolute Gasteiger partial charge is 0.385 e. The predicted molar refractivity (Wildman–Crippen MR) is 93.6 cm³/mol. The average molecular weight is 344 g/mol. The van der Waals surface area contributed by atoms with Gasteiger partial charge in [-0.2, -0.15) is 0 Å². The molecule has 1 unspecified atom stereocenters. The SMILES string of the molecule is CC(=O)[C@@]1(O)CC[C@H]2[C@@H]3C(=O)CC4=CC(O)C=C[C@]4(C)[C@H]3CC[C@@]21C. The molecule has 0 spiro atoms. The van der Waals surface area contributed by atoms with Crippen LogP contribution in [0, 0.1) is 28.6 Å². The third-order valence-corrected chi connectivity index (χ3v) is 8.21. The van der Waals surface area contributed by atoms with Gasteiger partial charge in [0.15, 0.2) is 5.78 Å². The smallest absolute Gasteiger partial charge is 0.161 e. The molecule has 0 saturated heterocycles. The first-order chi connectivity index (χ1) is 11.6. The van der Waals surface area contributed by atoms with Gasteiger partial charge >= 0.3 is 0 Å². The minimum absolute atomic E-state index is 0.0614. The molecule has 3 saturated carbocycles. The molecule has 0 bridgehead atoms. The lowest BCUT2D eigenvalue weighted by molar-refractivity contribution is -0.162. The molecule has 136 valence electrons. The second kappa shape index (κ2) is 5.14. The summed E-state index contributed by atoms with van der Waals surface area (Å²) in [5, 5.41) is 21.0. The van der Waals surface area contributed by atoms with Crippen LogP contribution in [0.15, 0.2) is 23.8 Å². The fourth-order valence-electron chi connectivity index (χ4n) is 6.62. The molecule has 2 N–H and O–H groups in total. The van der Waals surface area contributed by atoms with Crippen LogP contribution in [0.25, 0.3) is 0 Å². The number of aliphatic hydroxyl groups excluding tert-OH is 1. The third-order valence-electron chi connectivity index (χ3n) is 8.21. The van der Waals surface area contributed by atoms with Crippen molar-refractivity contribution < 1.29 is 19.8 Å². The molecule has 25 heavy (non-hydrogen) atoms. The highest BCUT2D eigenvalue weighted by molar-refractivity contribution is 5.89. The number of ketones is 2. The van der Waals surface area contributed by atoms with Gasteiger partial charge in [0.1, 0.15) is 11.4 Å². The van der Waals surface area contributed by atoms with Crippen molar-refractivity contribution >= 4 is 11.6 Å². The van der Waals surface area contributed by atoms with Crippen LogP contribution in [0.3, 0.4) is 0 Å². The summed E-state index contributed by atoms with van der Waals surface area (Å²) in [6.45, 7) is 5.68. The number of carbonyl (C=O) groups is 2. The Morgan fingerprint density at radius 2 is 1.88 bits per heavy atom. The van der Waals surface area contributed by atoms with Gasteiger partial charge in [0.25, 0.3) is 0 Å². The maximum Gasteiger partial charge on any atom is 0.161 e. The van der Waals surface area contributed by atoms with Crippen LogP contribution < -0.4 is 0 Å². The summed E-state index contributed by atoms with van der Waals surface area (Å²) in [7, 11) is 0. The topological polar surface area (TPSA) is 74.6 Å². The van der Waals surface area contributed by atoms with E-state index in [4.69, 9.17) is 0 Å². The van der Waals surface area contributed by atoms with E-state index in [1.807, 2.05) is 19.1 Å². The van der Waals surface area contributed by atoms with E-state index >= 15 is 0 Å². The Labute approximate surface area is 149 Å². The first kappa shape index (κ1) is 17.2. The predicted octanol–water partition coefficient (Wildman–Crippen LogP) is 2.59. The first-order valence-electron chi connectivity index (χ1n) is 9.48. The van der Waals surface area contributed by atoms with Gasteiger partial charge < -0.3 is 10.2 Å². The van der Waals surface area contributed by atoms with E-state index in [9.17, 15) is 19.8 Å². The molecule has 4 rings (SSSR count). The fourth-order valence-corrected chi connectivity index (χ4v) is 6.62. The van der Waals surface area contributed by atoms with Gasteiger partial charge in [0.05, 0.1) is 6.10 Å². The zero-order valence-electron chi connectivity index (χ0n) is 15.3. The van der Waals surface area contributed by atoms with E-state index in [1.54, 1.807) is 0 Å². The van der Waals surface area contributed by atoms with E-state index in [0.29, 0.717) is 12.8 Å². The van der Waals surface area contributed by atoms with Crippen LogP contribution in [0.1, 0.15) is 52.9 Å². The maximum absolute atomic E-state index is 13.1. The molecule has 4 nitrogen and oxygen atoms in total. The van der Waals surface area contributed by atoms with E-state index in [2.05, 4.69) is 13.0 Å². The molecule has 4 heteroatoms. The Bertz CT molecular complexity index is 707. The fraction of sp³-hybridized carbons (Fsp3) is 0.714. The van der Waals surface area contributed by atoms with Gasteiger partial charge in [-0.3, -0.25) is 9.59 Å². The molecule has 4 aliphatic carbocycles. The Balaban J connectivity index is 1.76. The third kappa shape index (κ3) is 2.01. The molecule has 7 atom stereocenters. The highest BCUT2D eigenvalue weighted by Gasteiger charge is 2.66. The summed E-state index contributed by atoms with van der Waals surface area (Å²) in [6, 6.07) is 0. The molecule has 0 aromatic heterocycles. The lowest BCUT2D eigenvalue weighted by Gasteiger charge is -2.57. The average Bonchev–Trinajstić information content (AvgIpc) is 2.82. The monoisotopic (exact) mass is 344 g/mol. The minimum Gasteiger partial charge on any atom is -0.385 e. The molecule has 3 fully saturated rings. The van der Waals surface area contributed by atoms with E-state index in [0.717, 1.165) is 24.8 Å². The van der Waals surface area contributed by atoms with Crippen molar-refractivity contribution in [3.8, 4) is 0 Å². The van der Waals surface area contributed by atoms with Crippen LogP contribution in [0.5, 0.6) is 0 Å². The second-order valence-corrected chi connectivity index (χ2v) is 9.12. The molecule has 0 radical (unpaired) electrons. The summed E-state index contributed by atoms with van der Waals surface area (Å²) in [5.74, 6) is 0.211. The Kier molecular flexibility index (Phi) is 3.53. The normalized spacial score (nSPS) is 51.4. The number of rotatable bonds is 1. The first-order valence-corrected chi connectivity index (χ1v) is 9.48. The number of allylic oxidation sites excluding steroid dienone is 2. The van der Waals surface area contributed by atoms with Crippen LogP contribution in [0.2, 0.25) is 0 Å². The number of Topliss-reactive ketones (excluding diaryl/α,β-unsaturated/α-hetero) is 2. The van der Waals surface area contributed by atoms with Crippen molar-refractivity contribution in [2.45, 2.75) is 64.6 Å². The summed E-state index contributed by atoms with van der Waals surface area (Å²) in [6.07, 6.45) is 8.32. The zero-order valence-corrected chi connectivity index (χ0v) is 15.3. The van der Waals surface area contributed by atoms with Gasteiger partial charge in [-0.25, -0.2) is 0 Å². The standard InChI is InChI=1S/C21H28O4/c1-12(22)21(25)9-6-16-18-15(5-8-20(16,21)3)19(2)7-4-14(23)10-13(19)11-17(18)24/h4,7,10,14-16,18,23,25H,5-6,8-9,11H2,1-3H3/t14?,15-,16-,18+,19-,20-,21-/m0/s1. The maximum atomic E-state index is 13.1. The Morgan fingerprint density at radius 1 is 1.20 bits per heavy atom. The summed E-state index contributed by atoms with van der Waals surface area (Å²) in [4.78, 5) is 25.3. The van der Waals surface area contributed by atoms with Crippen LogP contribution >= 0.6 is 0 Å². The molecule has 0 amide bonds. The number of carbonyl (C=O) groups excluding carboxylic acids is 2. The number of fused-ring (bicyclic) bond motifs is 5. The lowest BCUT2D eigenvalue weighted by Crippen LogP contribution is -2.58. The molecule has 0 heterocycles. The molecule has 4 aliphatic rings. The number of hydrogen-bond acceptors (Lipinski definition) is 4. The van der Waals surface area contributed by atoms with E-state index in [-0.39, 0.29) is 34.7 Å². The Morgan fingerprint density at radius 3 is 2.56 bits per heavy atom. The van der Waals surface area contributed by atoms with Crippen molar-refractivity contribution in [2.24, 2.45) is 28.6 Å². The summed E-state index contributed by atoms with van der Waals surface area (Å²) >= 11 is 0. The van der Waals surface area contributed by atoms with Crippen LogP contribution in [0.4, 0.5) is 0 Å². The highest BCUT2D eigenvalue weighted by atomic mass is 16.3. The van der Waals surface area contributed by atoms with Crippen LogP contribution in [-0.4, -0.2) is 33.5 Å². The lowest BCUT2D eigenvalue weighted by atomic mass is 9.47. The van der Waals surface area contributed by atoms with Crippen molar-refractivity contribution in [1.82, 2.24) is 0 Å². The van der Waals surface area contributed by atoms with Gasteiger partial charge in [0, 0.05) is 23.2 Å². The van der Waals surface area contributed by atoms with E-state index < -0.39 is 17.1 Å². The summed E-state index contributed by atoms with van der Waals surface area (Å²) in [5.41, 5.74) is -0.961. The van der Waals surface area contributed by atoms with Crippen molar-refractivity contribution in [1.29, 1.82) is 0 Å². The highest BCUT2D eigenvalue weighted by Crippen LogP contribution is 2.66. The number of aliphatic hydroxyl groups is 2. The molecule has 0 aromatic rings. The summed E-state index contributed by atoms with van der Waals surface area (Å²) < 4.78 is 0. The minimum atomic E-state index is -1.29. The molecular formula is C21H28O4. The van der Waals surface area contributed by atoms with Crippen molar-refractivity contribution in [2.75, 3.05) is 0 Å². The van der Waals surface area contributed by atoms with Crippen molar-refractivity contribution in [3.05, 3.63) is 23.8 Å².